The second-order valence-electron chi connectivity index (χ2n) is 5.75. The number of rotatable bonds is 8. The number of ether oxygens (including phenoxy) is 3. The molecular weight excluding hydrogens is 302 g/mol. The summed E-state index contributed by atoms with van der Waals surface area (Å²) >= 11 is 0. The summed E-state index contributed by atoms with van der Waals surface area (Å²) in [6.45, 7) is 2.71. The molecule has 0 aromatic heterocycles. The average Bonchev–Trinajstić information content (AvgIpc) is 2.65. The minimum Gasteiger partial charge on any atom is -0.496 e. The van der Waals surface area contributed by atoms with Crippen LogP contribution < -0.4 is 19.9 Å². The van der Waals surface area contributed by atoms with Gasteiger partial charge in [0.25, 0.3) is 0 Å². The third-order valence-electron chi connectivity index (χ3n) is 4.37. The van der Waals surface area contributed by atoms with Crippen molar-refractivity contribution in [3.05, 3.63) is 53.1 Å². The SMILES string of the molecule is CCc1cc(CC(CN)c2ccc(OC)c(OC)c2)ccc1OC. The van der Waals surface area contributed by atoms with Gasteiger partial charge in [-0.25, -0.2) is 0 Å². The van der Waals surface area contributed by atoms with E-state index in [-0.39, 0.29) is 5.92 Å². The van der Waals surface area contributed by atoms with Gasteiger partial charge in [0, 0.05) is 5.92 Å². The highest BCUT2D eigenvalue weighted by atomic mass is 16.5. The molecule has 2 aromatic carbocycles. The summed E-state index contributed by atoms with van der Waals surface area (Å²) in [5.74, 6) is 2.63. The lowest BCUT2D eigenvalue weighted by Gasteiger charge is -2.18. The molecule has 1 atom stereocenters. The van der Waals surface area contributed by atoms with Gasteiger partial charge in [0.15, 0.2) is 11.5 Å². The monoisotopic (exact) mass is 329 g/mol. The Hall–Kier alpha value is -2.20. The molecule has 0 aliphatic carbocycles. The Morgan fingerprint density at radius 1 is 0.875 bits per heavy atom. The summed E-state index contributed by atoms with van der Waals surface area (Å²) in [5, 5.41) is 0. The second-order valence-corrected chi connectivity index (χ2v) is 5.75. The van der Waals surface area contributed by atoms with E-state index < -0.39 is 0 Å². The molecule has 24 heavy (non-hydrogen) atoms. The molecular formula is C20H27NO3. The molecule has 0 radical (unpaired) electrons. The van der Waals surface area contributed by atoms with Gasteiger partial charge >= 0.3 is 0 Å². The third kappa shape index (κ3) is 4.01. The van der Waals surface area contributed by atoms with Crippen molar-refractivity contribution in [3.8, 4) is 17.2 Å². The van der Waals surface area contributed by atoms with Gasteiger partial charge in [-0.2, -0.15) is 0 Å². The molecule has 1 unspecified atom stereocenters. The van der Waals surface area contributed by atoms with E-state index in [0.29, 0.717) is 6.54 Å². The lowest BCUT2D eigenvalue weighted by molar-refractivity contribution is 0.354. The van der Waals surface area contributed by atoms with Crippen LogP contribution in [0.1, 0.15) is 29.5 Å². The largest absolute Gasteiger partial charge is 0.496 e. The van der Waals surface area contributed by atoms with Crippen molar-refractivity contribution in [1.29, 1.82) is 0 Å². The van der Waals surface area contributed by atoms with E-state index in [4.69, 9.17) is 19.9 Å². The van der Waals surface area contributed by atoms with Crippen molar-refractivity contribution in [2.24, 2.45) is 5.73 Å². The highest BCUT2D eigenvalue weighted by molar-refractivity contribution is 5.45. The average molecular weight is 329 g/mol. The Kier molecular flexibility index (Phi) is 6.50. The van der Waals surface area contributed by atoms with Crippen LogP contribution in [0.15, 0.2) is 36.4 Å². The molecule has 0 amide bonds. The molecule has 0 saturated heterocycles. The van der Waals surface area contributed by atoms with Crippen LogP contribution in [0.3, 0.4) is 0 Å². The first kappa shape index (κ1) is 18.1. The zero-order valence-electron chi connectivity index (χ0n) is 15.0. The first-order chi connectivity index (χ1) is 11.7. The fourth-order valence-electron chi connectivity index (χ4n) is 2.96. The minimum absolute atomic E-state index is 0.225. The Morgan fingerprint density at radius 3 is 2.12 bits per heavy atom. The summed E-state index contributed by atoms with van der Waals surface area (Å²) in [4.78, 5) is 0. The third-order valence-corrected chi connectivity index (χ3v) is 4.37. The van der Waals surface area contributed by atoms with Crippen LogP contribution in [-0.2, 0) is 12.8 Å². The molecule has 4 nitrogen and oxygen atoms in total. The number of aryl methyl sites for hydroxylation is 1. The van der Waals surface area contributed by atoms with Gasteiger partial charge in [0.1, 0.15) is 5.75 Å². The topological polar surface area (TPSA) is 53.7 Å². The molecule has 0 aliphatic rings. The van der Waals surface area contributed by atoms with Crippen LogP contribution in [0.4, 0.5) is 0 Å². The number of hydrogen-bond donors (Lipinski definition) is 1. The maximum atomic E-state index is 6.04. The molecule has 2 aromatic rings. The summed E-state index contributed by atoms with van der Waals surface area (Å²) in [7, 11) is 5.00. The van der Waals surface area contributed by atoms with E-state index >= 15 is 0 Å². The van der Waals surface area contributed by atoms with Crippen LogP contribution in [-0.4, -0.2) is 27.9 Å². The lowest BCUT2D eigenvalue weighted by Crippen LogP contribution is -2.15. The summed E-state index contributed by atoms with van der Waals surface area (Å²) in [6, 6.07) is 12.4. The molecule has 0 spiro atoms. The van der Waals surface area contributed by atoms with Crippen molar-refractivity contribution in [3.63, 3.8) is 0 Å². The van der Waals surface area contributed by atoms with E-state index in [1.165, 1.54) is 11.1 Å². The molecule has 4 heteroatoms. The van der Waals surface area contributed by atoms with Gasteiger partial charge < -0.3 is 19.9 Å². The smallest absolute Gasteiger partial charge is 0.160 e. The van der Waals surface area contributed by atoms with Gasteiger partial charge in [0.2, 0.25) is 0 Å². The molecule has 0 saturated carbocycles. The highest BCUT2D eigenvalue weighted by Crippen LogP contribution is 2.32. The normalized spacial score (nSPS) is 11.9. The molecule has 130 valence electrons. The summed E-state index contributed by atoms with van der Waals surface area (Å²) in [5.41, 5.74) is 9.68. The Balaban J connectivity index is 2.26. The molecule has 0 heterocycles. The van der Waals surface area contributed by atoms with Crippen molar-refractivity contribution in [2.75, 3.05) is 27.9 Å². The first-order valence-electron chi connectivity index (χ1n) is 8.24. The van der Waals surface area contributed by atoms with Gasteiger partial charge in [0.05, 0.1) is 21.3 Å². The molecule has 0 bridgehead atoms. The summed E-state index contributed by atoms with van der Waals surface area (Å²) in [6.07, 6.45) is 1.82. The molecule has 0 aliphatic heterocycles. The second kappa shape index (κ2) is 8.60. The van der Waals surface area contributed by atoms with Crippen molar-refractivity contribution in [2.45, 2.75) is 25.7 Å². The Labute approximate surface area is 144 Å². The van der Waals surface area contributed by atoms with Crippen molar-refractivity contribution < 1.29 is 14.2 Å². The van der Waals surface area contributed by atoms with Gasteiger partial charge in [-0.3, -0.25) is 0 Å². The maximum absolute atomic E-state index is 6.04. The fraction of sp³-hybridized carbons (Fsp3) is 0.400. The number of benzene rings is 2. The number of hydrogen-bond acceptors (Lipinski definition) is 4. The van der Waals surface area contributed by atoms with Crippen molar-refractivity contribution >= 4 is 0 Å². The zero-order chi connectivity index (χ0) is 17.5. The first-order valence-corrected chi connectivity index (χ1v) is 8.24. The van der Waals surface area contributed by atoms with Crippen LogP contribution in [0.5, 0.6) is 17.2 Å². The van der Waals surface area contributed by atoms with E-state index in [1.807, 2.05) is 18.2 Å². The predicted octanol–water partition coefficient (Wildman–Crippen LogP) is 3.56. The zero-order valence-corrected chi connectivity index (χ0v) is 15.0. The maximum Gasteiger partial charge on any atom is 0.160 e. The molecule has 0 fully saturated rings. The number of nitrogens with two attached hydrogens (primary N) is 1. The quantitative estimate of drug-likeness (QED) is 0.804. The van der Waals surface area contributed by atoms with E-state index in [1.54, 1.807) is 21.3 Å². The lowest BCUT2D eigenvalue weighted by atomic mass is 9.91. The summed E-state index contributed by atoms with van der Waals surface area (Å²) < 4.78 is 16.1. The highest BCUT2D eigenvalue weighted by Gasteiger charge is 2.15. The number of methoxy groups -OCH3 is 3. The fourth-order valence-corrected chi connectivity index (χ4v) is 2.96. The standard InChI is InChI=1S/C20H27NO3/c1-5-15-10-14(6-8-18(15)22-2)11-17(13-21)16-7-9-19(23-3)20(12-16)24-4/h6-10,12,17H,5,11,13,21H2,1-4H3. The van der Waals surface area contributed by atoms with Crippen LogP contribution in [0.25, 0.3) is 0 Å². The van der Waals surface area contributed by atoms with Crippen LogP contribution >= 0.6 is 0 Å². The van der Waals surface area contributed by atoms with Gasteiger partial charge in [-0.15, -0.1) is 0 Å². The van der Waals surface area contributed by atoms with E-state index in [2.05, 4.69) is 25.1 Å². The van der Waals surface area contributed by atoms with E-state index in [0.717, 1.165) is 35.7 Å². The minimum atomic E-state index is 0.225. The Morgan fingerprint density at radius 2 is 1.54 bits per heavy atom. The predicted molar refractivity (Wildman–Crippen MR) is 97.4 cm³/mol. The van der Waals surface area contributed by atoms with Gasteiger partial charge in [-0.1, -0.05) is 25.1 Å². The molecule has 2 N–H and O–H groups in total. The molecule has 2 rings (SSSR count). The Bertz CT molecular complexity index is 670. The van der Waals surface area contributed by atoms with Crippen LogP contribution in [0, 0.1) is 0 Å². The van der Waals surface area contributed by atoms with Crippen LogP contribution in [0.2, 0.25) is 0 Å². The van der Waals surface area contributed by atoms with Gasteiger partial charge in [-0.05, 0) is 54.3 Å². The van der Waals surface area contributed by atoms with E-state index in [9.17, 15) is 0 Å². The van der Waals surface area contributed by atoms with Crippen molar-refractivity contribution in [1.82, 2.24) is 0 Å².